The van der Waals surface area contributed by atoms with E-state index >= 15 is 0 Å². The third-order valence-electron chi connectivity index (χ3n) is 2.19. The molecule has 2 aromatic rings. The summed E-state index contributed by atoms with van der Waals surface area (Å²) < 4.78 is 1.48. The molecule has 6 nitrogen and oxygen atoms in total. The molecule has 0 aromatic carbocycles. The fraction of sp³-hybridized carbons (Fsp3) is 0.100. The number of carbonyl (C=O) groups is 1. The maximum Gasteiger partial charge on any atom is 0.269 e. The number of pyridine rings is 1. The van der Waals surface area contributed by atoms with Gasteiger partial charge >= 0.3 is 0 Å². The highest BCUT2D eigenvalue weighted by atomic mass is 16.1. The Morgan fingerprint density at radius 1 is 1.38 bits per heavy atom. The lowest BCUT2D eigenvalue weighted by Crippen LogP contribution is -2.12. The molecule has 2 rings (SSSR count). The van der Waals surface area contributed by atoms with E-state index in [4.69, 9.17) is 11.5 Å². The van der Waals surface area contributed by atoms with Crippen molar-refractivity contribution in [2.45, 2.75) is 6.92 Å². The Hall–Kier alpha value is -2.37. The number of hydrogen-bond acceptors (Lipinski definition) is 4. The van der Waals surface area contributed by atoms with Crippen LogP contribution < -0.4 is 11.5 Å². The number of anilines is 1. The molecule has 0 saturated carbocycles. The Balaban J connectivity index is 2.42. The van der Waals surface area contributed by atoms with Crippen molar-refractivity contribution in [3.8, 4) is 5.82 Å². The summed E-state index contributed by atoms with van der Waals surface area (Å²) in [7, 11) is 0. The first-order chi connectivity index (χ1) is 7.58. The molecule has 4 N–H and O–H groups in total. The maximum absolute atomic E-state index is 10.9. The molecule has 0 unspecified atom stereocenters. The quantitative estimate of drug-likeness (QED) is 0.753. The second-order valence-electron chi connectivity index (χ2n) is 3.35. The molecule has 0 atom stereocenters. The molecule has 0 radical (unpaired) electrons. The van der Waals surface area contributed by atoms with Gasteiger partial charge in [0.05, 0.1) is 11.4 Å². The van der Waals surface area contributed by atoms with Gasteiger partial charge < -0.3 is 11.5 Å². The van der Waals surface area contributed by atoms with Crippen LogP contribution in [-0.2, 0) is 0 Å². The standard InChI is InChI=1S/C10H11N5O/c1-6-7(11)2-3-9(13-6)15-5-4-8(14-15)10(12)16/h2-5H,11H2,1H3,(H2,12,16). The highest BCUT2D eigenvalue weighted by Crippen LogP contribution is 2.11. The molecular weight excluding hydrogens is 206 g/mol. The number of aryl methyl sites for hydroxylation is 1. The van der Waals surface area contributed by atoms with Crippen molar-refractivity contribution < 1.29 is 4.79 Å². The van der Waals surface area contributed by atoms with Crippen LogP contribution in [0.25, 0.3) is 5.82 Å². The summed E-state index contributed by atoms with van der Waals surface area (Å²) in [6.45, 7) is 1.80. The lowest BCUT2D eigenvalue weighted by molar-refractivity contribution is 0.0995. The molecule has 16 heavy (non-hydrogen) atoms. The molecule has 6 heteroatoms. The van der Waals surface area contributed by atoms with Gasteiger partial charge in [-0.1, -0.05) is 0 Å². The summed E-state index contributed by atoms with van der Waals surface area (Å²) in [5.74, 6) is 0.0325. The highest BCUT2D eigenvalue weighted by Gasteiger charge is 2.07. The normalized spacial score (nSPS) is 10.3. The lowest BCUT2D eigenvalue weighted by atomic mass is 10.3. The van der Waals surface area contributed by atoms with Gasteiger partial charge in [-0.2, -0.15) is 5.10 Å². The summed E-state index contributed by atoms with van der Waals surface area (Å²) in [6, 6.07) is 5.00. The zero-order chi connectivity index (χ0) is 11.7. The lowest BCUT2D eigenvalue weighted by Gasteiger charge is -2.03. The minimum absolute atomic E-state index is 0.205. The van der Waals surface area contributed by atoms with E-state index in [2.05, 4.69) is 10.1 Å². The number of nitrogens with zero attached hydrogens (tertiary/aromatic N) is 3. The van der Waals surface area contributed by atoms with E-state index in [1.54, 1.807) is 25.3 Å². The number of aromatic nitrogens is 3. The third kappa shape index (κ3) is 1.72. The van der Waals surface area contributed by atoms with Gasteiger partial charge in [-0.05, 0) is 25.1 Å². The molecule has 0 spiro atoms. The number of primary amides is 1. The van der Waals surface area contributed by atoms with Crippen LogP contribution in [0.4, 0.5) is 5.69 Å². The Labute approximate surface area is 91.9 Å². The van der Waals surface area contributed by atoms with Crippen LogP contribution in [0, 0.1) is 6.92 Å². The predicted octanol–water partition coefficient (Wildman–Crippen LogP) is 0.257. The van der Waals surface area contributed by atoms with Crippen molar-refractivity contribution in [1.82, 2.24) is 14.8 Å². The van der Waals surface area contributed by atoms with Gasteiger partial charge in [-0.25, -0.2) is 9.67 Å². The number of hydrogen-bond donors (Lipinski definition) is 2. The molecule has 1 amide bonds. The second kappa shape index (κ2) is 3.65. The van der Waals surface area contributed by atoms with Crippen molar-refractivity contribution in [3.05, 3.63) is 35.8 Å². The molecule has 2 heterocycles. The summed E-state index contributed by atoms with van der Waals surface area (Å²) in [5, 5.41) is 3.99. The van der Waals surface area contributed by atoms with E-state index in [0.717, 1.165) is 0 Å². The SMILES string of the molecule is Cc1nc(-n2ccc(C(N)=O)n2)ccc1N. The van der Waals surface area contributed by atoms with Gasteiger partial charge in [0, 0.05) is 6.20 Å². The van der Waals surface area contributed by atoms with Crippen LogP contribution >= 0.6 is 0 Å². The zero-order valence-electron chi connectivity index (χ0n) is 8.71. The monoisotopic (exact) mass is 217 g/mol. The third-order valence-corrected chi connectivity index (χ3v) is 2.19. The second-order valence-corrected chi connectivity index (χ2v) is 3.35. The van der Waals surface area contributed by atoms with E-state index in [0.29, 0.717) is 17.2 Å². The average Bonchev–Trinajstić information content (AvgIpc) is 2.71. The van der Waals surface area contributed by atoms with Crippen LogP contribution in [0.2, 0.25) is 0 Å². The number of carbonyl (C=O) groups excluding carboxylic acids is 1. The van der Waals surface area contributed by atoms with Gasteiger partial charge in [0.25, 0.3) is 5.91 Å². The maximum atomic E-state index is 10.9. The fourth-order valence-electron chi connectivity index (χ4n) is 1.27. The molecule has 0 saturated heterocycles. The molecule has 2 aromatic heterocycles. The van der Waals surface area contributed by atoms with Crippen LogP contribution in [0.15, 0.2) is 24.4 Å². The van der Waals surface area contributed by atoms with Crippen LogP contribution in [0.1, 0.15) is 16.2 Å². The van der Waals surface area contributed by atoms with E-state index in [1.165, 1.54) is 10.7 Å². The van der Waals surface area contributed by atoms with Gasteiger partial charge in [-0.3, -0.25) is 4.79 Å². The van der Waals surface area contributed by atoms with E-state index in [1.807, 2.05) is 0 Å². The van der Waals surface area contributed by atoms with Crippen molar-refractivity contribution in [1.29, 1.82) is 0 Å². The first-order valence-electron chi connectivity index (χ1n) is 4.67. The smallest absolute Gasteiger partial charge is 0.269 e. The summed E-state index contributed by atoms with van der Waals surface area (Å²) in [5.41, 5.74) is 12.3. The minimum atomic E-state index is -0.564. The number of rotatable bonds is 2. The molecule has 82 valence electrons. The van der Waals surface area contributed by atoms with Crippen molar-refractivity contribution in [2.24, 2.45) is 5.73 Å². The van der Waals surface area contributed by atoms with Gasteiger partial charge in [-0.15, -0.1) is 0 Å². The van der Waals surface area contributed by atoms with Crippen molar-refractivity contribution in [3.63, 3.8) is 0 Å². The van der Waals surface area contributed by atoms with Crippen LogP contribution in [0.5, 0.6) is 0 Å². The van der Waals surface area contributed by atoms with Gasteiger partial charge in [0.15, 0.2) is 5.82 Å². The molecule has 0 fully saturated rings. The Kier molecular flexibility index (Phi) is 2.32. The van der Waals surface area contributed by atoms with Crippen molar-refractivity contribution in [2.75, 3.05) is 5.73 Å². The first-order valence-corrected chi connectivity index (χ1v) is 4.67. The van der Waals surface area contributed by atoms with Gasteiger partial charge in [0.2, 0.25) is 0 Å². The summed E-state index contributed by atoms with van der Waals surface area (Å²) in [4.78, 5) is 15.1. The Morgan fingerprint density at radius 3 is 2.69 bits per heavy atom. The van der Waals surface area contributed by atoms with E-state index < -0.39 is 5.91 Å². The number of nitrogen functional groups attached to an aromatic ring is 1. The molecule has 0 bridgehead atoms. The highest BCUT2D eigenvalue weighted by molar-refractivity contribution is 5.90. The molecule has 0 aliphatic carbocycles. The first kappa shape index (κ1) is 10.2. The van der Waals surface area contributed by atoms with Crippen LogP contribution in [-0.4, -0.2) is 20.7 Å². The van der Waals surface area contributed by atoms with Crippen LogP contribution in [0.3, 0.4) is 0 Å². The van der Waals surface area contributed by atoms with Crippen molar-refractivity contribution >= 4 is 11.6 Å². The molecular formula is C10H11N5O. The van der Waals surface area contributed by atoms with E-state index in [9.17, 15) is 4.79 Å². The largest absolute Gasteiger partial charge is 0.397 e. The number of nitrogens with two attached hydrogens (primary N) is 2. The Morgan fingerprint density at radius 2 is 2.12 bits per heavy atom. The predicted molar refractivity (Wildman–Crippen MR) is 59.0 cm³/mol. The summed E-state index contributed by atoms with van der Waals surface area (Å²) >= 11 is 0. The fourth-order valence-corrected chi connectivity index (χ4v) is 1.27. The average molecular weight is 217 g/mol. The minimum Gasteiger partial charge on any atom is -0.397 e. The van der Waals surface area contributed by atoms with Gasteiger partial charge in [0.1, 0.15) is 5.69 Å². The summed E-state index contributed by atoms with van der Waals surface area (Å²) in [6.07, 6.45) is 1.62. The number of amides is 1. The topological polar surface area (TPSA) is 99.8 Å². The van der Waals surface area contributed by atoms with E-state index in [-0.39, 0.29) is 5.69 Å². The molecule has 0 aliphatic heterocycles. The Bertz CT molecular complexity index is 546. The molecule has 0 aliphatic rings. The zero-order valence-corrected chi connectivity index (χ0v) is 8.71.